The first-order chi connectivity index (χ1) is 9.60. The fourth-order valence-corrected chi connectivity index (χ4v) is 3.40. The van der Waals surface area contributed by atoms with Crippen LogP contribution in [0.25, 0.3) is 0 Å². The van der Waals surface area contributed by atoms with Crippen LogP contribution in [0.4, 0.5) is 0 Å². The largest absolute Gasteiger partial charge is 0.329 e. The number of hydrogen-bond acceptors (Lipinski definition) is 2. The molecule has 0 aliphatic carbocycles. The van der Waals surface area contributed by atoms with Gasteiger partial charge in [0.25, 0.3) is 0 Å². The van der Waals surface area contributed by atoms with Crippen molar-refractivity contribution in [1.82, 2.24) is 4.90 Å². The third kappa shape index (κ3) is 4.07. The smallest absolute Gasteiger partial charge is 0.0247 e. The molecule has 0 radical (unpaired) electrons. The summed E-state index contributed by atoms with van der Waals surface area (Å²) >= 11 is 0. The standard InChI is InChI=1S/C18H30N2/c1-14(2)11-16-6-8-17(9-7-16)13-20-10-4-5-15(3)18(20)12-19/h6-9,14-15,18H,4-5,10-13,19H2,1-3H3. The van der Waals surface area contributed by atoms with Crippen molar-refractivity contribution in [3.8, 4) is 0 Å². The van der Waals surface area contributed by atoms with E-state index in [0.717, 1.165) is 24.9 Å². The van der Waals surface area contributed by atoms with Gasteiger partial charge in [0.1, 0.15) is 0 Å². The first-order valence-corrected chi connectivity index (χ1v) is 8.12. The summed E-state index contributed by atoms with van der Waals surface area (Å²) in [5, 5.41) is 0. The summed E-state index contributed by atoms with van der Waals surface area (Å²) in [4.78, 5) is 2.58. The van der Waals surface area contributed by atoms with Gasteiger partial charge in [-0.2, -0.15) is 0 Å². The van der Waals surface area contributed by atoms with Crippen LogP contribution in [0.15, 0.2) is 24.3 Å². The quantitative estimate of drug-likeness (QED) is 0.891. The molecule has 2 unspecified atom stereocenters. The normalized spacial score (nSPS) is 24.2. The summed E-state index contributed by atoms with van der Waals surface area (Å²) in [6.07, 6.45) is 3.81. The molecule has 0 aromatic heterocycles. The third-order valence-corrected chi connectivity index (χ3v) is 4.52. The van der Waals surface area contributed by atoms with Gasteiger partial charge in [-0.15, -0.1) is 0 Å². The fourth-order valence-electron chi connectivity index (χ4n) is 3.40. The van der Waals surface area contributed by atoms with Crippen molar-refractivity contribution >= 4 is 0 Å². The van der Waals surface area contributed by atoms with Crippen molar-refractivity contribution in [1.29, 1.82) is 0 Å². The molecule has 0 amide bonds. The van der Waals surface area contributed by atoms with Crippen LogP contribution >= 0.6 is 0 Å². The first-order valence-electron chi connectivity index (χ1n) is 8.12. The number of nitrogens with two attached hydrogens (primary N) is 1. The van der Waals surface area contributed by atoms with Crippen molar-refractivity contribution in [2.45, 2.75) is 52.6 Å². The number of rotatable bonds is 5. The van der Waals surface area contributed by atoms with Gasteiger partial charge in [-0.25, -0.2) is 0 Å². The van der Waals surface area contributed by atoms with Crippen LogP contribution in [0.2, 0.25) is 0 Å². The lowest BCUT2D eigenvalue weighted by molar-refractivity contribution is 0.0991. The second-order valence-corrected chi connectivity index (χ2v) is 6.81. The minimum absolute atomic E-state index is 0.555. The average molecular weight is 274 g/mol. The Balaban J connectivity index is 1.98. The molecule has 2 atom stereocenters. The molecule has 112 valence electrons. The molecule has 2 N–H and O–H groups in total. The molecule has 2 rings (SSSR count). The highest BCUT2D eigenvalue weighted by molar-refractivity contribution is 5.23. The van der Waals surface area contributed by atoms with Crippen molar-refractivity contribution < 1.29 is 0 Å². The molecular weight excluding hydrogens is 244 g/mol. The fraction of sp³-hybridized carbons (Fsp3) is 0.667. The zero-order valence-electron chi connectivity index (χ0n) is 13.3. The van der Waals surface area contributed by atoms with E-state index in [9.17, 15) is 0 Å². The maximum absolute atomic E-state index is 5.97. The lowest BCUT2D eigenvalue weighted by Crippen LogP contribution is -2.47. The highest BCUT2D eigenvalue weighted by Gasteiger charge is 2.27. The summed E-state index contributed by atoms with van der Waals surface area (Å²) < 4.78 is 0. The number of benzene rings is 1. The van der Waals surface area contributed by atoms with Crippen LogP contribution in [0.5, 0.6) is 0 Å². The summed E-state index contributed by atoms with van der Waals surface area (Å²) in [5.41, 5.74) is 8.85. The van der Waals surface area contributed by atoms with E-state index in [-0.39, 0.29) is 0 Å². The van der Waals surface area contributed by atoms with Gasteiger partial charge >= 0.3 is 0 Å². The van der Waals surface area contributed by atoms with Crippen LogP contribution in [0.1, 0.15) is 44.7 Å². The topological polar surface area (TPSA) is 29.3 Å². The Labute approximate surface area is 124 Å². The lowest BCUT2D eigenvalue weighted by atomic mass is 9.90. The summed E-state index contributed by atoms with van der Waals surface area (Å²) in [6, 6.07) is 9.73. The monoisotopic (exact) mass is 274 g/mol. The van der Waals surface area contributed by atoms with E-state index in [1.165, 1.54) is 36.9 Å². The van der Waals surface area contributed by atoms with E-state index < -0.39 is 0 Å². The van der Waals surface area contributed by atoms with Crippen molar-refractivity contribution in [3.05, 3.63) is 35.4 Å². The third-order valence-electron chi connectivity index (χ3n) is 4.52. The first kappa shape index (κ1) is 15.5. The molecule has 0 spiro atoms. The second kappa shape index (κ2) is 7.24. The Morgan fingerprint density at radius 3 is 2.45 bits per heavy atom. The van der Waals surface area contributed by atoms with Gasteiger partial charge in [-0.3, -0.25) is 4.90 Å². The Morgan fingerprint density at radius 1 is 1.20 bits per heavy atom. The molecule has 1 aromatic carbocycles. The Morgan fingerprint density at radius 2 is 1.85 bits per heavy atom. The summed E-state index contributed by atoms with van der Waals surface area (Å²) in [6.45, 7) is 9.92. The van der Waals surface area contributed by atoms with Gasteiger partial charge in [-0.05, 0) is 48.8 Å². The molecule has 20 heavy (non-hydrogen) atoms. The van der Waals surface area contributed by atoms with E-state index in [1.54, 1.807) is 0 Å². The van der Waals surface area contributed by atoms with Gasteiger partial charge in [0.15, 0.2) is 0 Å². The van der Waals surface area contributed by atoms with Crippen LogP contribution in [0.3, 0.4) is 0 Å². The van der Waals surface area contributed by atoms with Crippen LogP contribution in [-0.4, -0.2) is 24.0 Å². The second-order valence-electron chi connectivity index (χ2n) is 6.81. The maximum atomic E-state index is 5.97. The van der Waals surface area contributed by atoms with Crippen LogP contribution in [-0.2, 0) is 13.0 Å². The van der Waals surface area contributed by atoms with Crippen molar-refractivity contribution in [3.63, 3.8) is 0 Å². The van der Waals surface area contributed by atoms with Gasteiger partial charge in [0, 0.05) is 19.1 Å². The molecule has 1 aromatic rings. The van der Waals surface area contributed by atoms with Gasteiger partial charge < -0.3 is 5.73 Å². The van der Waals surface area contributed by atoms with Crippen molar-refractivity contribution in [2.75, 3.05) is 13.1 Å². The molecule has 0 saturated carbocycles. The summed E-state index contributed by atoms with van der Waals surface area (Å²) in [7, 11) is 0. The molecule has 1 heterocycles. The number of hydrogen-bond donors (Lipinski definition) is 1. The Kier molecular flexibility index (Phi) is 5.62. The molecule has 1 fully saturated rings. The molecule has 2 nitrogen and oxygen atoms in total. The van der Waals surface area contributed by atoms with E-state index in [4.69, 9.17) is 5.73 Å². The molecular formula is C18H30N2. The van der Waals surface area contributed by atoms with Gasteiger partial charge in [0.2, 0.25) is 0 Å². The van der Waals surface area contributed by atoms with E-state index in [1.807, 2.05) is 0 Å². The minimum Gasteiger partial charge on any atom is -0.329 e. The van der Waals surface area contributed by atoms with E-state index in [0.29, 0.717) is 6.04 Å². The SMILES string of the molecule is CC(C)Cc1ccc(CN2CCCC(C)C2CN)cc1. The van der Waals surface area contributed by atoms with E-state index in [2.05, 4.69) is 49.9 Å². The molecule has 1 aliphatic rings. The van der Waals surface area contributed by atoms with Crippen LogP contribution < -0.4 is 5.73 Å². The number of nitrogens with zero attached hydrogens (tertiary/aromatic N) is 1. The predicted octanol–water partition coefficient (Wildman–Crippen LogP) is 3.44. The zero-order chi connectivity index (χ0) is 14.5. The van der Waals surface area contributed by atoms with Crippen LogP contribution in [0, 0.1) is 11.8 Å². The minimum atomic E-state index is 0.555. The molecule has 0 bridgehead atoms. The van der Waals surface area contributed by atoms with Crippen molar-refractivity contribution in [2.24, 2.45) is 17.6 Å². The highest BCUT2D eigenvalue weighted by atomic mass is 15.2. The van der Waals surface area contributed by atoms with E-state index >= 15 is 0 Å². The average Bonchev–Trinajstić information content (AvgIpc) is 2.41. The van der Waals surface area contributed by atoms with Gasteiger partial charge in [-0.1, -0.05) is 45.0 Å². The number of piperidine rings is 1. The summed E-state index contributed by atoms with van der Waals surface area (Å²) in [5.74, 6) is 1.46. The maximum Gasteiger partial charge on any atom is 0.0247 e. The predicted molar refractivity (Wildman–Crippen MR) is 86.6 cm³/mol. The Hall–Kier alpha value is -0.860. The van der Waals surface area contributed by atoms with Gasteiger partial charge in [0.05, 0.1) is 0 Å². The highest BCUT2D eigenvalue weighted by Crippen LogP contribution is 2.24. The lowest BCUT2D eigenvalue weighted by Gasteiger charge is -2.39. The molecule has 1 saturated heterocycles. The Bertz CT molecular complexity index is 396. The molecule has 1 aliphatic heterocycles. The number of likely N-dealkylation sites (tertiary alicyclic amines) is 1. The zero-order valence-corrected chi connectivity index (χ0v) is 13.3. The molecule has 2 heteroatoms.